The second-order valence-corrected chi connectivity index (χ2v) is 4.95. The molecule has 1 aromatic heterocycles. The minimum atomic E-state index is -0.498. The lowest BCUT2D eigenvalue weighted by Gasteiger charge is -2.24. The number of ether oxygens (including phenoxy) is 2. The Hall–Kier alpha value is -1.92. The third-order valence-corrected chi connectivity index (χ3v) is 3.48. The lowest BCUT2D eigenvalue weighted by Crippen LogP contribution is -2.30. The number of aromatic nitrogens is 2. The molecule has 1 aliphatic heterocycles. The van der Waals surface area contributed by atoms with Crippen molar-refractivity contribution in [1.82, 2.24) is 10.1 Å². The van der Waals surface area contributed by atoms with Crippen LogP contribution in [-0.4, -0.2) is 41.2 Å². The Morgan fingerprint density at radius 3 is 3.14 bits per heavy atom. The highest BCUT2D eigenvalue weighted by Crippen LogP contribution is 2.27. The van der Waals surface area contributed by atoms with Gasteiger partial charge in [0.15, 0.2) is 0 Å². The van der Waals surface area contributed by atoms with E-state index in [1.165, 1.54) is 0 Å². The van der Waals surface area contributed by atoms with Crippen molar-refractivity contribution in [2.45, 2.75) is 25.4 Å². The Balaban J connectivity index is 1.82. The molecule has 0 amide bonds. The van der Waals surface area contributed by atoms with Crippen LogP contribution in [0.1, 0.15) is 25.2 Å². The van der Waals surface area contributed by atoms with Crippen molar-refractivity contribution in [3.05, 3.63) is 30.2 Å². The molecule has 21 heavy (non-hydrogen) atoms. The Bertz CT molecular complexity index is 599. The molecule has 0 saturated carbocycles. The average Bonchev–Trinajstić information content (AvgIpc) is 2.98. The maximum atomic E-state index is 9.99. The van der Waals surface area contributed by atoms with Gasteiger partial charge in [0.25, 0.3) is 0 Å². The first-order valence-corrected chi connectivity index (χ1v) is 7.10. The fourth-order valence-corrected chi connectivity index (χ4v) is 2.36. The smallest absolute Gasteiger partial charge is 0.235 e. The average molecular weight is 290 g/mol. The van der Waals surface area contributed by atoms with Gasteiger partial charge in [-0.15, -0.1) is 0 Å². The van der Waals surface area contributed by atoms with Crippen LogP contribution < -0.4 is 4.74 Å². The molecule has 1 aromatic carbocycles. The van der Waals surface area contributed by atoms with Crippen LogP contribution in [0.4, 0.5) is 0 Å². The van der Waals surface area contributed by atoms with E-state index < -0.39 is 6.10 Å². The molecule has 1 N–H and O–H groups in total. The van der Waals surface area contributed by atoms with Crippen molar-refractivity contribution >= 4 is 0 Å². The fourth-order valence-electron chi connectivity index (χ4n) is 2.36. The van der Waals surface area contributed by atoms with Crippen LogP contribution in [0.5, 0.6) is 5.75 Å². The second kappa shape index (κ2) is 6.24. The molecule has 2 aromatic rings. The molecule has 0 bridgehead atoms. The molecule has 1 saturated heterocycles. The van der Waals surface area contributed by atoms with Gasteiger partial charge in [0.1, 0.15) is 5.75 Å². The molecule has 6 nitrogen and oxygen atoms in total. The van der Waals surface area contributed by atoms with E-state index >= 15 is 0 Å². The molecule has 1 aliphatic rings. The normalized spacial score (nSPS) is 22.2. The van der Waals surface area contributed by atoms with Crippen LogP contribution in [0.25, 0.3) is 11.4 Å². The first kappa shape index (κ1) is 14.0. The van der Waals surface area contributed by atoms with E-state index in [1.807, 2.05) is 31.2 Å². The highest BCUT2D eigenvalue weighted by atomic mass is 16.5. The summed E-state index contributed by atoms with van der Waals surface area (Å²) in [6.45, 7) is 3.51. The number of benzene rings is 1. The van der Waals surface area contributed by atoms with Gasteiger partial charge < -0.3 is 19.1 Å². The second-order valence-electron chi connectivity index (χ2n) is 4.95. The van der Waals surface area contributed by atoms with Crippen LogP contribution in [-0.2, 0) is 4.74 Å². The Morgan fingerprint density at radius 1 is 1.43 bits per heavy atom. The zero-order chi connectivity index (χ0) is 14.7. The first-order chi connectivity index (χ1) is 10.3. The van der Waals surface area contributed by atoms with Crippen LogP contribution in [0.2, 0.25) is 0 Å². The molecular weight excluding hydrogens is 272 g/mol. The van der Waals surface area contributed by atoms with E-state index in [2.05, 4.69) is 10.1 Å². The number of nitrogens with zero attached hydrogens (tertiary/aromatic N) is 2. The summed E-state index contributed by atoms with van der Waals surface area (Å²) in [6, 6.07) is 7.53. The molecule has 1 fully saturated rings. The summed E-state index contributed by atoms with van der Waals surface area (Å²) in [6.07, 6.45) is 0.0872. The summed E-state index contributed by atoms with van der Waals surface area (Å²) in [5, 5.41) is 14.0. The van der Waals surface area contributed by atoms with Crippen molar-refractivity contribution in [3.8, 4) is 17.1 Å². The standard InChI is InChI=1S/C15H18N2O4/c1-2-20-11-5-3-4-10(8-11)14-16-15(21-17-14)12-9-19-7-6-13(12)18/h3-5,8,12-13,18H,2,6-7,9H2,1H3. The summed E-state index contributed by atoms with van der Waals surface area (Å²) in [5.41, 5.74) is 0.821. The number of hydrogen-bond donors (Lipinski definition) is 1. The fraction of sp³-hybridized carbons (Fsp3) is 0.467. The number of hydrogen-bond acceptors (Lipinski definition) is 6. The van der Waals surface area contributed by atoms with Crippen LogP contribution >= 0.6 is 0 Å². The van der Waals surface area contributed by atoms with Crippen LogP contribution in [0.15, 0.2) is 28.8 Å². The molecule has 0 aliphatic carbocycles. The molecular formula is C15H18N2O4. The van der Waals surface area contributed by atoms with Crippen LogP contribution in [0.3, 0.4) is 0 Å². The van der Waals surface area contributed by atoms with Crippen molar-refractivity contribution in [1.29, 1.82) is 0 Å². The lowest BCUT2D eigenvalue weighted by molar-refractivity contribution is -0.0149. The quantitative estimate of drug-likeness (QED) is 0.928. The van der Waals surface area contributed by atoms with E-state index in [4.69, 9.17) is 14.0 Å². The van der Waals surface area contributed by atoms with Gasteiger partial charge in [0, 0.05) is 12.2 Å². The number of aliphatic hydroxyl groups excluding tert-OH is 1. The highest BCUT2D eigenvalue weighted by Gasteiger charge is 2.30. The van der Waals surface area contributed by atoms with Crippen molar-refractivity contribution in [2.24, 2.45) is 0 Å². The molecule has 112 valence electrons. The maximum Gasteiger partial charge on any atom is 0.235 e. The van der Waals surface area contributed by atoms with Gasteiger partial charge in [-0.05, 0) is 25.5 Å². The van der Waals surface area contributed by atoms with Gasteiger partial charge in [0.05, 0.1) is 25.2 Å². The minimum absolute atomic E-state index is 0.255. The summed E-state index contributed by atoms with van der Waals surface area (Å²) in [5.74, 6) is 1.42. The monoisotopic (exact) mass is 290 g/mol. The van der Waals surface area contributed by atoms with Gasteiger partial charge in [-0.3, -0.25) is 0 Å². The van der Waals surface area contributed by atoms with Crippen molar-refractivity contribution in [3.63, 3.8) is 0 Å². The van der Waals surface area contributed by atoms with E-state index in [9.17, 15) is 5.11 Å². The van der Waals surface area contributed by atoms with Gasteiger partial charge >= 0.3 is 0 Å². The topological polar surface area (TPSA) is 77.6 Å². The minimum Gasteiger partial charge on any atom is -0.494 e. The largest absolute Gasteiger partial charge is 0.494 e. The summed E-state index contributed by atoms with van der Waals surface area (Å²) >= 11 is 0. The van der Waals surface area contributed by atoms with E-state index in [0.29, 0.717) is 38.0 Å². The van der Waals surface area contributed by atoms with Gasteiger partial charge in [-0.25, -0.2) is 0 Å². The van der Waals surface area contributed by atoms with E-state index in [-0.39, 0.29) is 5.92 Å². The van der Waals surface area contributed by atoms with E-state index in [1.54, 1.807) is 0 Å². The first-order valence-electron chi connectivity index (χ1n) is 7.10. The Morgan fingerprint density at radius 2 is 2.33 bits per heavy atom. The van der Waals surface area contributed by atoms with Gasteiger partial charge in [0.2, 0.25) is 11.7 Å². The molecule has 2 atom stereocenters. The van der Waals surface area contributed by atoms with Crippen molar-refractivity contribution in [2.75, 3.05) is 19.8 Å². The summed E-state index contributed by atoms with van der Waals surface area (Å²) in [7, 11) is 0. The SMILES string of the molecule is CCOc1cccc(-c2noc(C3COCCC3O)n2)c1. The van der Waals surface area contributed by atoms with Crippen LogP contribution in [0, 0.1) is 0 Å². The number of rotatable bonds is 4. The number of aliphatic hydroxyl groups is 1. The molecule has 6 heteroatoms. The lowest BCUT2D eigenvalue weighted by atomic mass is 9.99. The third-order valence-electron chi connectivity index (χ3n) is 3.48. The molecule has 0 spiro atoms. The Labute approximate surface area is 122 Å². The zero-order valence-electron chi connectivity index (χ0n) is 11.9. The third kappa shape index (κ3) is 3.06. The predicted molar refractivity (Wildman–Crippen MR) is 75.1 cm³/mol. The van der Waals surface area contributed by atoms with E-state index in [0.717, 1.165) is 11.3 Å². The Kier molecular flexibility index (Phi) is 4.17. The maximum absolute atomic E-state index is 9.99. The molecule has 0 radical (unpaired) electrons. The molecule has 2 heterocycles. The van der Waals surface area contributed by atoms with Gasteiger partial charge in [-0.2, -0.15) is 4.98 Å². The van der Waals surface area contributed by atoms with Gasteiger partial charge in [-0.1, -0.05) is 17.3 Å². The summed E-state index contributed by atoms with van der Waals surface area (Å²) in [4.78, 5) is 4.38. The summed E-state index contributed by atoms with van der Waals surface area (Å²) < 4.78 is 16.1. The predicted octanol–water partition coefficient (Wildman–Crippen LogP) is 2.00. The highest BCUT2D eigenvalue weighted by molar-refractivity contribution is 5.56. The van der Waals surface area contributed by atoms with Crippen molar-refractivity contribution < 1.29 is 19.1 Å². The zero-order valence-corrected chi connectivity index (χ0v) is 11.9. The molecule has 3 rings (SSSR count). The molecule has 2 unspecified atom stereocenters.